The molecule has 0 aliphatic carbocycles. The Morgan fingerprint density at radius 3 is 1.90 bits per heavy atom. The van der Waals surface area contributed by atoms with E-state index >= 15 is 0 Å². The van der Waals surface area contributed by atoms with Crippen LogP contribution in [-0.2, 0) is 4.79 Å². The van der Waals surface area contributed by atoms with E-state index in [-0.39, 0.29) is 11.7 Å². The van der Waals surface area contributed by atoms with Crippen LogP contribution in [0.1, 0.15) is 6.42 Å². The van der Waals surface area contributed by atoms with Crippen molar-refractivity contribution in [1.82, 2.24) is 9.80 Å². The molecule has 0 radical (unpaired) electrons. The molecule has 1 aliphatic heterocycles. The summed E-state index contributed by atoms with van der Waals surface area (Å²) in [5.74, 6) is 1.24. The minimum absolute atomic E-state index is 0.228. The van der Waals surface area contributed by atoms with Gasteiger partial charge in [0.1, 0.15) is 5.75 Å². The molecule has 0 aromatic heterocycles. The Labute approximate surface area is 188 Å². The third kappa shape index (κ3) is 5.30. The lowest BCUT2D eigenvalue weighted by molar-refractivity contribution is -0.132. The maximum absolute atomic E-state index is 12.6. The van der Waals surface area contributed by atoms with Crippen molar-refractivity contribution >= 4 is 17.7 Å². The third-order valence-electron chi connectivity index (χ3n) is 5.69. The summed E-state index contributed by atoms with van der Waals surface area (Å²) in [4.78, 5) is 17.9. The largest absolute Gasteiger partial charge is 0.507 e. The molecule has 0 unspecified atom stereocenters. The van der Waals surface area contributed by atoms with Crippen LogP contribution in [0.5, 0.6) is 5.75 Å². The number of likely N-dealkylation sites (N-methyl/N-ethyl adjacent to an activating group) is 1. The van der Waals surface area contributed by atoms with Crippen molar-refractivity contribution in [3.05, 3.63) is 72.8 Å². The highest BCUT2D eigenvalue weighted by atomic mass is 32.2. The van der Waals surface area contributed by atoms with Crippen LogP contribution in [-0.4, -0.2) is 59.8 Å². The van der Waals surface area contributed by atoms with E-state index in [1.54, 1.807) is 11.8 Å². The van der Waals surface area contributed by atoms with Crippen molar-refractivity contribution in [2.45, 2.75) is 11.3 Å². The van der Waals surface area contributed by atoms with Gasteiger partial charge in [0, 0.05) is 54.4 Å². The zero-order valence-corrected chi connectivity index (χ0v) is 18.6. The molecule has 1 amide bonds. The highest BCUT2D eigenvalue weighted by molar-refractivity contribution is 7.99. The van der Waals surface area contributed by atoms with E-state index in [0.29, 0.717) is 6.42 Å². The van der Waals surface area contributed by atoms with Gasteiger partial charge < -0.3 is 14.9 Å². The van der Waals surface area contributed by atoms with Gasteiger partial charge in [-0.3, -0.25) is 4.79 Å². The molecule has 1 aliphatic rings. The number of nitrogens with zero attached hydrogens (tertiary/aromatic N) is 2. The summed E-state index contributed by atoms with van der Waals surface area (Å²) in [6.07, 6.45) is 0.524. The Hall–Kier alpha value is -2.76. The predicted octanol–water partition coefficient (Wildman–Crippen LogP) is 4.98. The third-order valence-corrected chi connectivity index (χ3v) is 6.67. The molecule has 1 fully saturated rings. The van der Waals surface area contributed by atoms with Gasteiger partial charge in [0.2, 0.25) is 5.91 Å². The number of benzene rings is 3. The van der Waals surface area contributed by atoms with E-state index < -0.39 is 0 Å². The van der Waals surface area contributed by atoms with Crippen molar-refractivity contribution in [3.63, 3.8) is 0 Å². The minimum Gasteiger partial charge on any atom is -0.507 e. The van der Waals surface area contributed by atoms with Gasteiger partial charge in [-0.2, -0.15) is 0 Å². The summed E-state index contributed by atoms with van der Waals surface area (Å²) in [7, 11) is 2.09. The first kappa shape index (κ1) is 21.5. The molecule has 5 heteroatoms. The van der Waals surface area contributed by atoms with Gasteiger partial charge in [0.15, 0.2) is 0 Å². The lowest BCUT2D eigenvalue weighted by Crippen LogP contribution is -2.47. The number of carbonyl (C=O) groups excluding carboxylic acids is 1. The lowest BCUT2D eigenvalue weighted by atomic mass is 9.97. The highest BCUT2D eigenvalue weighted by Gasteiger charge is 2.19. The summed E-state index contributed by atoms with van der Waals surface area (Å²) < 4.78 is 0. The number of phenolic OH excluding ortho intramolecular Hbond substituents is 1. The topological polar surface area (TPSA) is 43.8 Å². The molecule has 160 valence electrons. The zero-order valence-electron chi connectivity index (χ0n) is 17.8. The summed E-state index contributed by atoms with van der Waals surface area (Å²) in [6, 6.07) is 24.0. The second kappa shape index (κ2) is 10.0. The van der Waals surface area contributed by atoms with E-state index in [4.69, 9.17) is 0 Å². The molecule has 0 saturated carbocycles. The average molecular weight is 433 g/mol. The van der Waals surface area contributed by atoms with Crippen LogP contribution in [0.3, 0.4) is 0 Å². The smallest absolute Gasteiger partial charge is 0.223 e. The first-order chi connectivity index (χ1) is 15.1. The van der Waals surface area contributed by atoms with Gasteiger partial charge >= 0.3 is 0 Å². The SMILES string of the molecule is CN1CCN(C(=O)CCSc2cc(-c3ccccc3)c(O)c(-c3ccccc3)c2)CC1. The summed E-state index contributed by atoms with van der Waals surface area (Å²) >= 11 is 1.67. The van der Waals surface area contributed by atoms with Crippen molar-refractivity contribution in [1.29, 1.82) is 0 Å². The number of thioether (sulfide) groups is 1. The molecule has 4 rings (SSSR count). The Balaban J connectivity index is 1.54. The fraction of sp³-hybridized carbons (Fsp3) is 0.269. The average Bonchev–Trinajstić information content (AvgIpc) is 2.81. The predicted molar refractivity (Wildman–Crippen MR) is 128 cm³/mol. The van der Waals surface area contributed by atoms with E-state index in [1.165, 1.54) is 0 Å². The fourth-order valence-corrected chi connectivity index (χ4v) is 4.75. The lowest BCUT2D eigenvalue weighted by Gasteiger charge is -2.32. The quantitative estimate of drug-likeness (QED) is 0.558. The molecule has 31 heavy (non-hydrogen) atoms. The molecule has 3 aromatic rings. The second-order valence-corrected chi connectivity index (χ2v) is 9.05. The first-order valence-corrected chi connectivity index (χ1v) is 11.7. The zero-order chi connectivity index (χ0) is 21.6. The molecule has 0 atom stereocenters. The van der Waals surface area contributed by atoms with Gasteiger partial charge in [-0.1, -0.05) is 60.7 Å². The van der Waals surface area contributed by atoms with Crippen LogP contribution >= 0.6 is 11.8 Å². The van der Waals surface area contributed by atoms with Gasteiger partial charge in [-0.15, -0.1) is 11.8 Å². The van der Waals surface area contributed by atoms with Crippen LogP contribution in [0, 0.1) is 0 Å². The molecule has 1 saturated heterocycles. The number of aromatic hydroxyl groups is 1. The standard InChI is InChI=1S/C26H28N2O2S/c1-27-13-15-28(16-14-27)25(29)12-17-31-22-18-23(20-8-4-2-5-9-20)26(30)24(19-22)21-10-6-3-7-11-21/h2-11,18-19,30H,12-17H2,1H3. The van der Waals surface area contributed by atoms with Gasteiger partial charge in [-0.05, 0) is 30.3 Å². The van der Waals surface area contributed by atoms with Crippen LogP contribution in [0.4, 0.5) is 0 Å². The van der Waals surface area contributed by atoms with E-state index in [9.17, 15) is 9.90 Å². The number of hydrogen-bond donors (Lipinski definition) is 1. The molecule has 3 aromatic carbocycles. The van der Waals surface area contributed by atoms with Crippen LogP contribution in [0.15, 0.2) is 77.7 Å². The van der Waals surface area contributed by atoms with Crippen LogP contribution < -0.4 is 0 Å². The number of piperazine rings is 1. The van der Waals surface area contributed by atoms with Gasteiger partial charge in [0.05, 0.1) is 0 Å². The van der Waals surface area contributed by atoms with Crippen molar-refractivity contribution in [2.24, 2.45) is 0 Å². The van der Waals surface area contributed by atoms with Crippen molar-refractivity contribution in [3.8, 4) is 28.0 Å². The number of phenols is 1. The van der Waals surface area contributed by atoms with E-state index in [1.807, 2.05) is 77.7 Å². The molecular weight excluding hydrogens is 404 g/mol. The van der Waals surface area contributed by atoms with Crippen molar-refractivity contribution < 1.29 is 9.90 Å². The highest BCUT2D eigenvalue weighted by Crippen LogP contribution is 2.41. The minimum atomic E-state index is 0.228. The van der Waals surface area contributed by atoms with E-state index in [0.717, 1.165) is 59.1 Å². The van der Waals surface area contributed by atoms with Crippen molar-refractivity contribution in [2.75, 3.05) is 39.0 Å². The maximum atomic E-state index is 12.6. The summed E-state index contributed by atoms with van der Waals surface area (Å²) in [5.41, 5.74) is 3.59. The Kier molecular flexibility index (Phi) is 6.95. The monoisotopic (exact) mass is 432 g/mol. The Morgan fingerprint density at radius 2 is 1.39 bits per heavy atom. The number of hydrogen-bond acceptors (Lipinski definition) is 4. The number of rotatable bonds is 6. The molecular formula is C26H28N2O2S. The van der Waals surface area contributed by atoms with E-state index in [2.05, 4.69) is 11.9 Å². The summed E-state index contributed by atoms with van der Waals surface area (Å²) in [6.45, 7) is 3.51. The van der Waals surface area contributed by atoms with Gasteiger partial charge in [-0.25, -0.2) is 0 Å². The normalized spacial score (nSPS) is 14.5. The summed E-state index contributed by atoms with van der Waals surface area (Å²) in [5, 5.41) is 11.1. The molecule has 1 N–H and O–H groups in total. The Morgan fingerprint density at radius 1 is 0.871 bits per heavy atom. The second-order valence-electron chi connectivity index (χ2n) is 7.88. The van der Waals surface area contributed by atoms with Crippen LogP contribution in [0.2, 0.25) is 0 Å². The number of amides is 1. The maximum Gasteiger partial charge on any atom is 0.223 e. The van der Waals surface area contributed by atoms with Gasteiger partial charge in [0.25, 0.3) is 0 Å². The molecule has 1 heterocycles. The first-order valence-electron chi connectivity index (χ1n) is 10.7. The molecule has 4 nitrogen and oxygen atoms in total. The fourth-order valence-electron chi connectivity index (χ4n) is 3.84. The van der Waals surface area contributed by atoms with Crippen LogP contribution in [0.25, 0.3) is 22.3 Å². The number of carbonyl (C=O) groups is 1. The Bertz CT molecular complexity index is 956. The molecule has 0 spiro atoms. The molecule has 0 bridgehead atoms.